The average Bonchev–Trinajstić information content (AvgIpc) is 2.40. The number of aryl methyl sites for hydroxylation is 1. The van der Waals surface area contributed by atoms with Gasteiger partial charge in [0.25, 0.3) is 0 Å². The fraction of sp³-hybridized carbons (Fsp3) is 0.611. The van der Waals surface area contributed by atoms with Crippen molar-refractivity contribution >= 4 is 17.3 Å². The van der Waals surface area contributed by atoms with Crippen molar-refractivity contribution in [3.05, 3.63) is 23.8 Å². The molecule has 1 N–H and O–H groups in total. The smallest absolute Gasteiger partial charge is 0.224 e. The molecule has 1 fully saturated rings. The summed E-state index contributed by atoms with van der Waals surface area (Å²) in [4.78, 5) is 16.8. The fourth-order valence-electron chi connectivity index (χ4n) is 2.73. The molecule has 1 heterocycles. The number of hydrogen-bond acceptors (Lipinski definition) is 3. The topological polar surface area (TPSA) is 35.6 Å². The van der Waals surface area contributed by atoms with Crippen LogP contribution in [0.25, 0.3) is 0 Å². The lowest BCUT2D eigenvalue weighted by Crippen LogP contribution is -2.44. The minimum atomic E-state index is 0.0117. The molecule has 0 radical (unpaired) electrons. The Labute approximate surface area is 134 Å². The molecule has 22 heavy (non-hydrogen) atoms. The molecule has 0 saturated carbocycles. The van der Waals surface area contributed by atoms with Crippen molar-refractivity contribution in [2.45, 2.75) is 34.1 Å². The van der Waals surface area contributed by atoms with E-state index in [4.69, 9.17) is 0 Å². The van der Waals surface area contributed by atoms with Gasteiger partial charge in [-0.25, -0.2) is 0 Å². The van der Waals surface area contributed by atoms with Crippen LogP contribution in [-0.2, 0) is 4.79 Å². The quantitative estimate of drug-likeness (QED) is 0.932. The van der Waals surface area contributed by atoms with Crippen molar-refractivity contribution in [2.75, 3.05) is 43.4 Å². The number of likely N-dealkylation sites (N-methyl/N-ethyl adjacent to an activating group) is 1. The van der Waals surface area contributed by atoms with Gasteiger partial charge >= 0.3 is 0 Å². The highest BCUT2D eigenvalue weighted by Gasteiger charge is 2.18. The third-order valence-corrected chi connectivity index (χ3v) is 4.04. The van der Waals surface area contributed by atoms with E-state index in [1.165, 1.54) is 5.69 Å². The normalized spacial score (nSPS) is 16.7. The van der Waals surface area contributed by atoms with Crippen LogP contribution in [0.3, 0.4) is 0 Å². The standard InChI is InChI=1S/C18H29N3O/c1-14-12-15(21-10-8-20(5)9-11-21)6-7-16(14)19-17(22)13-18(2,3)4/h6-7,12H,8-11,13H2,1-5H3,(H,19,22). The number of piperazine rings is 1. The van der Waals surface area contributed by atoms with Crippen molar-refractivity contribution in [3.8, 4) is 0 Å². The molecule has 0 aliphatic carbocycles. The predicted molar refractivity (Wildman–Crippen MR) is 93.6 cm³/mol. The Bertz CT molecular complexity index is 526. The number of rotatable bonds is 3. The monoisotopic (exact) mass is 303 g/mol. The van der Waals surface area contributed by atoms with Gasteiger partial charge in [-0.2, -0.15) is 0 Å². The first-order chi connectivity index (χ1) is 10.2. The summed E-state index contributed by atoms with van der Waals surface area (Å²) in [7, 11) is 2.16. The molecule has 1 aliphatic rings. The second kappa shape index (κ2) is 6.69. The summed E-state index contributed by atoms with van der Waals surface area (Å²) < 4.78 is 0. The lowest BCUT2D eigenvalue weighted by Gasteiger charge is -2.34. The molecular weight excluding hydrogens is 274 g/mol. The molecule has 1 aromatic rings. The molecule has 1 amide bonds. The summed E-state index contributed by atoms with van der Waals surface area (Å²) in [6.45, 7) is 12.6. The minimum absolute atomic E-state index is 0.0117. The third kappa shape index (κ3) is 4.73. The largest absolute Gasteiger partial charge is 0.369 e. The van der Waals surface area contributed by atoms with Crippen molar-refractivity contribution in [1.82, 2.24) is 4.90 Å². The zero-order valence-electron chi connectivity index (χ0n) is 14.6. The van der Waals surface area contributed by atoms with Gasteiger partial charge in [-0.05, 0) is 43.1 Å². The number of benzene rings is 1. The maximum absolute atomic E-state index is 12.1. The van der Waals surface area contributed by atoms with Crippen LogP contribution < -0.4 is 10.2 Å². The Kier molecular flexibility index (Phi) is 5.12. The molecule has 4 nitrogen and oxygen atoms in total. The SMILES string of the molecule is Cc1cc(N2CCN(C)CC2)ccc1NC(=O)CC(C)(C)C. The van der Waals surface area contributed by atoms with E-state index in [9.17, 15) is 4.79 Å². The Morgan fingerprint density at radius 2 is 1.82 bits per heavy atom. The highest BCUT2D eigenvalue weighted by atomic mass is 16.1. The van der Waals surface area contributed by atoms with Gasteiger partial charge in [0.15, 0.2) is 0 Å². The molecule has 0 unspecified atom stereocenters. The summed E-state index contributed by atoms with van der Waals surface area (Å²) in [6.07, 6.45) is 0.534. The summed E-state index contributed by atoms with van der Waals surface area (Å²) in [5.41, 5.74) is 3.31. The first-order valence-electron chi connectivity index (χ1n) is 8.08. The molecule has 4 heteroatoms. The zero-order chi connectivity index (χ0) is 16.3. The number of nitrogens with one attached hydrogen (secondary N) is 1. The lowest BCUT2D eigenvalue weighted by molar-refractivity contribution is -0.117. The van der Waals surface area contributed by atoms with Crippen LogP contribution in [0.5, 0.6) is 0 Å². The van der Waals surface area contributed by atoms with Crippen LogP contribution in [-0.4, -0.2) is 44.0 Å². The number of anilines is 2. The van der Waals surface area contributed by atoms with Gasteiger partial charge in [0.1, 0.15) is 0 Å². The second-order valence-electron chi connectivity index (χ2n) is 7.58. The number of nitrogens with zero attached hydrogens (tertiary/aromatic N) is 2. The van der Waals surface area contributed by atoms with Crippen molar-refractivity contribution in [2.24, 2.45) is 5.41 Å². The van der Waals surface area contributed by atoms with Crippen molar-refractivity contribution in [1.29, 1.82) is 0 Å². The number of amides is 1. The molecule has 2 rings (SSSR count). The van der Waals surface area contributed by atoms with E-state index in [1.807, 2.05) is 6.07 Å². The van der Waals surface area contributed by atoms with E-state index >= 15 is 0 Å². The lowest BCUT2D eigenvalue weighted by atomic mass is 9.92. The van der Waals surface area contributed by atoms with E-state index in [0.717, 1.165) is 37.4 Å². The Balaban J connectivity index is 2.02. The highest BCUT2D eigenvalue weighted by molar-refractivity contribution is 5.92. The summed E-state index contributed by atoms with van der Waals surface area (Å²) in [5, 5.41) is 3.04. The first-order valence-corrected chi connectivity index (χ1v) is 8.08. The first kappa shape index (κ1) is 16.8. The fourth-order valence-corrected chi connectivity index (χ4v) is 2.73. The number of carbonyl (C=O) groups is 1. The Morgan fingerprint density at radius 1 is 1.18 bits per heavy atom. The van der Waals surface area contributed by atoms with Gasteiger partial charge in [0.05, 0.1) is 0 Å². The minimum Gasteiger partial charge on any atom is -0.369 e. The molecule has 1 saturated heterocycles. The second-order valence-corrected chi connectivity index (χ2v) is 7.58. The van der Waals surface area contributed by atoms with E-state index in [2.05, 4.69) is 62.0 Å². The van der Waals surface area contributed by atoms with Gasteiger partial charge in [-0.1, -0.05) is 20.8 Å². The van der Waals surface area contributed by atoms with Gasteiger partial charge in [0.2, 0.25) is 5.91 Å². The van der Waals surface area contributed by atoms with E-state index < -0.39 is 0 Å². The Morgan fingerprint density at radius 3 is 2.36 bits per heavy atom. The predicted octanol–water partition coefficient (Wildman–Crippen LogP) is 3.12. The van der Waals surface area contributed by atoms with Crippen LogP contribution >= 0.6 is 0 Å². The Hall–Kier alpha value is -1.55. The van der Waals surface area contributed by atoms with Gasteiger partial charge < -0.3 is 15.1 Å². The summed E-state index contributed by atoms with van der Waals surface area (Å²) in [5.74, 6) is 0.0861. The maximum Gasteiger partial charge on any atom is 0.224 e. The van der Waals surface area contributed by atoms with Crippen LogP contribution in [0.2, 0.25) is 0 Å². The van der Waals surface area contributed by atoms with Gasteiger partial charge in [0, 0.05) is 44.0 Å². The van der Waals surface area contributed by atoms with Crippen LogP contribution in [0.15, 0.2) is 18.2 Å². The number of hydrogen-bond donors (Lipinski definition) is 1. The van der Waals surface area contributed by atoms with E-state index in [1.54, 1.807) is 0 Å². The van der Waals surface area contributed by atoms with Gasteiger partial charge in [-0.3, -0.25) is 4.79 Å². The van der Waals surface area contributed by atoms with Crippen LogP contribution in [0, 0.1) is 12.3 Å². The molecule has 0 spiro atoms. The molecule has 0 atom stereocenters. The van der Waals surface area contributed by atoms with Gasteiger partial charge in [-0.15, -0.1) is 0 Å². The maximum atomic E-state index is 12.1. The molecule has 0 bridgehead atoms. The molecule has 1 aromatic carbocycles. The molecular formula is C18H29N3O. The third-order valence-electron chi connectivity index (χ3n) is 4.04. The molecule has 1 aliphatic heterocycles. The van der Waals surface area contributed by atoms with Crippen molar-refractivity contribution in [3.63, 3.8) is 0 Å². The zero-order valence-corrected chi connectivity index (χ0v) is 14.6. The highest BCUT2D eigenvalue weighted by Crippen LogP contribution is 2.25. The van der Waals surface area contributed by atoms with Crippen LogP contribution in [0.1, 0.15) is 32.8 Å². The molecule has 122 valence electrons. The average molecular weight is 303 g/mol. The summed E-state index contributed by atoms with van der Waals surface area (Å²) in [6, 6.07) is 6.33. The number of carbonyl (C=O) groups excluding carboxylic acids is 1. The summed E-state index contributed by atoms with van der Waals surface area (Å²) >= 11 is 0. The van der Waals surface area contributed by atoms with Crippen molar-refractivity contribution < 1.29 is 4.79 Å². The van der Waals surface area contributed by atoms with E-state index in [0.29, 0.717) is 6.42 Å². The van der Waals surface area contributed by atoms with E-state index in [-0.39, 0.29) is 11.3 Å². The van der Waals surface area contributed by atoms with Crippen LogP contribution in [0.4, 0.5) is 11.4 Å². The molecule has 0 aromatic heterocycles.